The van der Waals surface area contributed by atoms with Crippen LogP contribution in [0.1, 0.15) is 0 Å². The van der Waals surface area contributed by atoms with Gasteiger partial charge in [-0.3, -0.25) is 0 Å². The number of benzene rings is 21. The predicted octanol–water partition coefficient (Wildman–Crippen LogP) is 35.7. The summed E-state index contributed by atoms with van der Waals surface area (Å²) in [7, 11) is 0. The van der Waals surface area contributed by atoms with Gasteiger partial charge in [-0.1, -0.05) is 328 Å². The quantitative estimate of drug-likeness (QED) is 0.143. The monoisotopic (exact) mass is 1730 g/mol. The first-order valence-electron chi connectivity index (χ1n) is 45.8. The highest BCUT2D eigenvalue weighted by Crippen LogP contribution is 2.49. The Bertz CT molecular complexity index is 9960. The first-order valence-corrected chi connectivity index (χ1v) is 45.8. The standard InChI is InChI=1S/C48H29NO2.C42H25NO2.C36H21NO2/c1-3-11-30(12-4-1)32-21-24-43-40(27-32)41-28-33(31-13-5-2-6-14-31)22-25-44(41)49(43)34-23-26-46-42(29-34)39-19-10-18-38(48(39)51-46)37-17-9-16-36-35-15-7-8-20-45(35)50-47(36)37;1-2-10-26(11-3-1)27-20-22-38-35(24-27)29-12-4-6-18-37(29)43(38)28-21-23-40-36(25-28)34-17-9-16-33(42(34)45-40)32-15-8-14-31-30-13-5-7-19-39(30)44-41(31)32;1-4-16-31-23(9-1)24-10-2-5-17-32(24)37(31)22-19-20-34-30(21-22)29-15-8-14-28(36(29)39-34)27-13-7-12-26-25-11-3-6-18-33(25)38-35(26)27/h1-29H;1-25H;1-21H. The molecule has 0 aliphatic carbocycles. The van der Waals surface area contributed by atoms with Gasteiger partial charge in [0.05, 0.1) is 33.1 Å². The molecule has 0 N–H and O–H groups in total. The fourth-order valence-corrected chi connectivity index (χ4v) is 21.5. The lowest BCUT2D eigenvalue weighted by atomic mass is 10.00. The average Bonchev–Trinajstić information content (AvgIpc) is 1.58. The molecule has 0 aliphatic rings. The molecule has 9 nitrogen and oxygen atoms in total. The van der Waals surface area contributed by atoms with Crippen molar-refractivity contribution in [2.75, 3.05) is 0 Å². The van der Waals surface area contributed by atoms with Gasteiger partial charge in [0.15, 0.2) is 0 Å². The second kappa shape index (κ2) is 30.2. The molecule has 0 amide bonds. The number of nitrogens with zero attached hydrogens (tertiary/aromatic N) is 3. The van der Waals surface area contributed by atoms with E-state index in [1.807, 2.05) is 36.4 Å². The summed E-state index contributed by atoms with van der Waals surface area (Å²) in [4.78, 5) is 0. The van der Waals surface area contributed by atoms with Crippen LogP contribution in [0.15, 0.2) is 481 Å². The van der Waals surface area contributed by atoms with Crippen LogP contribution in [0.3, 0.4) is 0 Å². The van der Waals surface area contributed by atoms with Crippen molar-refractivity contribution in [2.24, 2.45) is 0 Å². The number of hydrogen-bond donors (Lipinski definition) is 0. The summed E-state index contributed by atoms with van der Waals surface area (Å²) < 4.78 is 46.2. The zero-order valence-corrected chi connectivity index (χ0v) is 72.6. The van der Waals surface area contributed by atoms with Crippen molar-refractivity contribution in [2.45, 2.75) is 0 Å². The van der Waals surface area contributed by atoms with Gasteiger partial charge >= 0.3 is 0 Å². The minimum Gasteiger partial charge on any atom is -0.455 e. The van der Waals surface area contributed by atoms with Crippen LogP contribution in [-0.4, -0.2) is 13.7 Å². The van der Waals surface area contributed by atoms with E-state index in [-0.39, 0.29) is 0 Å². The molecule has 630 valence electrons. The van der Waals surface area contributed by atoms with E-state index in [1.54, 1.807) is 0 Å². The van der Waals surface area contributed by atoms with Crippen molar-refractivity contribution in [3.63, 3.8) is 0 Å². The van der Waals surface area contributed by atoms with Crippen LogP contribution in [0.4, 0.5) is 0 Å². The Labute approximate surface area is 770 Å². The first-order chi connectivity index (χ1) is 66.9. The maximum atomic E-state index is 6.69. The molecule has 9 aromatic heterocycles. The Kier molecular flexibility index (Phi) is 17.0. The molecule has 21 aromatic carbocycles. The molecule has 135 heavy (non-hydrogen) atoms. The fraction of sp³-hybridized carbons (Fsp3) is 0. The third-order valence-corrected chi connectivity index (χ3v) is 27.6. The summed E-state index contributed by atoms with van der Waals surface area (Å²) in [5.74, 6) is 0. The van der Waals surface area contributed by atoms with Crippen molar-refractivity contribution in [1.82, 2.24) is 13.7 Å². The molecule has 0 unspecified atom stereocenters. The lowest BCUT2D eigenvalue weighted by molar-refractivity contribution is 0.665. The summed E-state index contributed by atoms with van der Waals surface area (Å²) in [6.45, 7) is 0. The Hall–Kier alpha value is -18.2. The van der Waals surface area contributed by atoms with Crippen LogP contribution in [-0.2, 0) is 0 Å². The summed E-state index contributed by atoms with van der Waals surface area (Å²) in [6, 6.07) is 161. The van der Waals surface area contributed by atoms with E-state index in [1.165, 1.54) is 98.8 Å². The molecular weight excluding hydrogens is 1650 g/mol. The van der Waals surface area contributed by atoms with Gasteiger partial charge in [0, 0.05) is 147 Å². The molecule has 0 atom stereocenters. The Morgan fingerprint density at radius 3 is 0.607 bits per heavy atom. The molecule has 0 saturated heterocycles. The maximum absolute atomic E-state index is 6.69. The van der Waals surface area contributed by atoms with E-state index >= 15 is 0 Å². The van der Waals surface area contributed by atoms with E-state index in [4.69, 9.17) is 26.5 Å². The van der Waals surface area contributed by atoms with Crippen LogP contribution in [0.2, 0.25) is 0 Å². The third kappa shape index (κ3) is 12.0. The average molecular weight is 1730 g/mol. The van der Waals surface area contributed by atoms with Gasteiger partial charge in [-0.15, -0.1) is 0 Å². The molecule has 0 fully saturated rings. The number of fused-ring (bicyclic) bond motifs is 27. The van der Waals surface area contributed by atoms with Gasteiger partial charge in [0.25, 0.3) is 0 Å². The van der Waals surface area contributed by atoms with E-state index in [0.717, 1.165) is 182 Å². The third-order valence-electron chi connectivity index (χ3n) is 27.6. The minimum atomic E-state index is 0.858. The predicted molar refractivity (Wildman–Crippen MR) is 559 cm³/mol. The Morgan fingerprint density at radius 2 is 0.326 bits per heavy atom. The van der Waals surface area contributed by atoms with Crippen molar-refractivity contribution in [3.05, 3.63) is 455 Å². The van der Waals surface area contributed by atoms with Crippen LogP contribution >= 0.6 is 0 Å². The topological polar surface area (TPSA) is 93.6 Å². The van der Waals surface area contributed by atoms with Gasteiger partial charge in [0.1, 0.15) is 67.0 Å². The summed E-state index contributed by atoms with van der Waals surface area (Å²) >= 11 is 0. The number of rotatable bonds is 9. The van der Waals surface area contributed by atoms with Gasteiger partial charge in [-0.05, 0) is 161 Å². The lowest BCUT2D eigenvalue weighted by Gasteiger charge is -2.09. The van der Waals surface area contributed by atoms with Crippen LogP contribution < -0.4 is 0 Å². The van der Waals surface area contributed by atoms with Crippen LogP contribution in [0.5, 0.6) is 0 Å². The highest BCUT2D eigenvalue weighted by Gasteiger charge is 2.26. The number of para-hydroxylation sites is 12. The molecule has 9 heteroatoms. The number of hydrogen-bond acceptors (Lipinski definition) is 6. The molecular formula is C126H75N3O6. The van der Waals surface area contributed by atoms with E-state index in [9.17, 15) is 0 Å². The highest BCUT2D eigenvalue weighted by molar-refractivity contribution is 6.21. The molecule has 0 radical (unpaired) electrons. The van der Waals surface area contributed by atoms with E-state index in [0.29, 0.717) is 0 Å². The SMILES string of the molecule is c1ccc(-c2ccc3c(c2)c2cc(-c4ccccc4)ccc2n3-c2ccc3oc4c(-c5cccc6c5oc5ccccc56)cccc4c3c2)cc1.c1ccc(-c2ccc3c(c2)c2ccccc2n3-c2ccc3oc4c(-c5cccc6c5oc5ccccc56)cccc4c3c2)cc1.c1ccc2c(c1)oc1c(-c3cccc4c3oc3ccc(-n5c6ccccc6c6ccccc65)cc34)cccc12. The van der Waals surface area contributed by atoms with E-state index < -0.39 is 0 Å². The van der Waals surface area contributed by atoms with E-state index in [2.05, 4.69) is 432 Å². The number of furan rings is 6. The van der Waals surface area contributed by atoms with Crippen molar-refractivity contribution in [1.29, 1.82) is 0 Å². The molecule has 0 spiro atoms. The van der Waals surface area contributed by atoms with Gasteiger partial charge in [-0.2, -0.15) is 0 Å². The molecule has 9 heterocycles. The van der Waals surface area contributed by atoms with Gasteiger partial charge in [-0.25, -0.2) is 0 Å². The maximum Gasteiger partial charge on any atom is 0.143 e. The Balaban J connectivity index is 0.000000101. The van der Waals surface area contributed by atoms with Gasteiger partial charge < -0.3 is 40.2 Å². The second-order valence-corrected chi connectivity index (χ2v) is 35.1. The largest absolute Gasteiger partial charge is 0.455 e. The summed E-state index contributed by atoms with van der Waals surface area (Å²) in [6.07, 6.45) is 0. The Morgan fingerprint density at radius 1 is 0.119 bits per heavy atom. The summed E-state index contributed by atoms with van der Waals surface area (Å²) in [5.41, 5.74) is 34.4. The van der Waals surface area contributed by atoms with Crippen LogP contribution in [0, 0.1) is 0 Å². The van der Waals surface area contributed by atoms with Gasteiger partial charge in [0.2, 0.25) is 0 Å². The lowest BCUT2D eigenvalue weighted by Crippen LogP contribution is -1.93. The molecule has 0 saturated carbocycles. The number of aromatic nitrogens is 3. The van der Waals surface area contributed by atoms with Crippen LogP contribution in [0.25, 0.3) is 281 Å². The summed E-state index contributed by atoms with van der Waals surface area (Å²) in [5, 5.41) is 20.7. The second-order valence-electron chi connectivity index (χ2n) is 35.1. The first kappa shape index (κ1) is 75.8. The molecule has 30 rings (SSSR count). The molecule has 30 aromatic rings. The van der Waals surface area contributed by atoms with Crippen molar-refractivity contribution in [3.8, 4) is 83.8 Å². The fourth-order valence-electron chi connectivity index (χ4n) is 21.5. The minimum absolute atomic E-state index is 0.858. The zero-order valence-electron chi connectivity index (χ0n) is 72.6. The zero-order chi connectivity index (χ0) is 88.5. The highest BCUT2D eigenvalue weighted by atomic mass is 16.4. The van der Waals surface area contributed by atoms with Crippen molar-refractivity contribution < 1.29 is 26.5 Å². The molecule has 0 aliphatic heterocycles. The normalized spacial score (nSPS) is 12.0. The van der Waals surface area contributed by atoms with Crippen molar-refractivity contribution >= 4 is 197 Å². The smallest absolute Gasteiger partial charge is 0.143 e. The molecule has 0 bridgehead atoms.